The van der Waals surface area contributed by atoms with E-state index in [-0.39, 0.29) is 0 Å². The molecule has 0 radical (unpaired) electrons. The number of rotatable bonds is 1. The van der Waals surface area contributed by atoms with Crippen molar-refractivity contribution in [1.82, 2.24) is 9.38 Å². The molecule has 2 aromatic heterocycles. The number of hydrogen-bond donors (Lipinski definition) is 0. The minimum absolute atomic E-state index is 0.675. The first-order valence-corrected chi connectivity index (χ1v) is 6.26. The Morgan fingerprint density at radius 1 is 1.33 bits per heavy atom. The van der Waals surface area contributed by atoms with Gasteiger partial charge in [0.2, 0.25) is 0 Å². The summed E-state index contributed by atoms with van der Waals surface area (Å²) in [5, 5.41) is 0. The Morgan fingerprint density at radius 3 is 2.93 bits per heavy atom. The molecule has 2 heterocycles. The molecular weight excluding hydrogens is 252 g/mol. The molecule has 15 heavy (non-hydrogen) atoms. The number of aromatic nitrogens is 2. The van der Waals surface area contributed by atoms with Crippen LogP contribution in [0, 0.1) is 0 Å². The second-order valence-electron chi connectivity index (χ2n) is 4.24. The number of halogens is 1. The average molecular weight is 265 g/mol. The lowest BCUT2D eigenvalue weighted by atomic mass is 10.1. The number of imidazole rings is 1. The van der Waals surface area contributed by atoms with Crippen LogP contribution >= 0.6 is 15.9 Å². The molecule has 3 rings (SSSR count). The van der Waals surface area contributed by atoms with Crippen molar-refractivity contribution in [2.75, 3.05) is 0 Å². The maximum Gasteiger partial charge on any atom is 0.116 e. The van der Waals surface area contributed by atoms with Crippen LogP contribution < -0.4 is 0 Å². The van der Waals surface area contributed by atoms with Gasteiger partial charge in [-0.2, -0.15) is 0 Å². The van der Waals surface area contributed by atoms with Crippen LogP contribution in [0.1, 0.15) is 37.4 Å². The molecular formula is C12H13BrN2. The number of nitrogens with zero attached hydrogens (tertiary/aromatic N) is 2. The van der Waals surface area contributed by atoms with E-state index in [9.17, 15) is 0 Å². The Bertz CT molecular complexity index is 483. The van der Waals surface area contributed by atoms with Gasteiger partial charge in [0.15, 0.2) is 0 Å². The van der Waals surface area contributed by atoms with Crippen LogP contribution in [0.2, 0.25) is 0 Å². The molecule has 0 aliphatic heterocycles. The molecule has 2 aromatic rings. The first-order valence-electron chi connectivity index (χ1n) is 5.47. The zero-order valence-corrected chi connectivity index (χ0v) is 10.1. The SMILES string of the molecule is Brc1ccn2c(C3CCCC3)ncc2c1. The normalized spacial score (nSPS) is 17.7. The average Bonchev–Trinajstić information content (AvgIpc) is 2.82. The van der Waals surface area contributed by atoms with Crippen LogP contribution in [0.3, 0.4) is 0 Å². The first kappa shape index (κ1) is 9.40. The zero-order chi connectivity index (χ0) is 10.3. The molecule has 1 aliphatic carbocycles. The summed E-state index contributed by atoms with van der Waals surface area (Å²) in [4.78, 5) is 4.56. The van der Waals surface area contributed by atoms with E-state index in [2.05, 4.69) is 43.6 Å². The minimum Gasteiger partial charge on any atom is -0.303 e. The highest BCUT2D eigenvalue weighted by Gasteiger charge is 2.20. The summed E-state index contributed by atoms with van der Waals surface area (Å²) in [7, 11) is 0. The smallest absolute Gasteiger partial charge is 0.116 e. The molecule has 1 fully saturated rings. The van der Waals surface area contributed by atoms with Crippen molar-refractivity contribution in [3.63, 3.8) is 0 Å². The topological polar surface area (TPSA) is 17.3 Å². The molecule has 78 valence electrons. The van der Waals surface area contributed by atoms with Gasteiger partial charge >= 0.3 is 0 Å². The largest absolute Gasteiger partial charge is 0.303 e. The molecule has 0 amide bonds. The summed E-state index contributed by atoms with van der Waals surface area (Å²) in [6.45, 7) is 0. The summed E-state index contributed by atoms with van der Waals surface area (Å²) >= 11 is 3.48. The van der Waals surface area contributed by atoms with Crippen molar-refractivity contribution < 1.29 is 0 Å². The van der Waals surface area contributed by atoms with Gasteiger partial charge in [-0.05, 0) is 25.0 Å². The van der Waals surface area contributed by atoms with Gasteiger partial charge in [-0.15, -0.1) is 0 Å². The molecule has 0 spiro atoms. The Kier molecular flexibility index (Phi) is 2.28. The second kappa shape index (κ2) is 3.63. The molecule has 0 atom stereocenters. The molecule has 0 aromatic carbocycles. The van der Waals surface area contributed by atoms with E-state index < -0.39 is 0 Å². The summed E-state index contributed by atoms with van der Waals surface area (Å²) in [5.41, 5.74) is 1.19. The van der Waals surface area contributed by atoms with E-state index in [0.717, 1.165) is 4.47 Å². The highest BCUT2D eigenvalue weighted by molar-refractivity contribution is 9.10. The fourth-order valence-electron chi connectivity index (χ4n) is 2.48. The number of pyridine rings is 1. The van der Waals surface area contributed by atoms with Gasteiger partial charge in [0.1, 0.15) is 5.82 Å². The maximum absolute atomic E-state index is 4.56. The van der Waals surface area contributed by atoms with Crippen LogP contribution in [0.25, 0.3) is 5.52 Å². The quantitative estimate of drug-likeness (QED) is 0.767. The van der Waals surface area contributed by atoms with Crippen molar-refractivity contribution in [1.29, 1.82) is 0 Å². The van der Waals surface area contributed by atoms with Crippen LogP contribution in [0.5, 0.6) is 0 Å². The third-order valence-electron chi connectivity index (χ3n) is 3.24. The minimum atomic E-state index is 0.675. The highest BCUT2D eigenvalue weighted by atomic mass is 79.9. The Labute approximate surface area is 97.5 Å². The van der Waals surface area contributed by atoms with Gasteiger partial charge in [0.25, 0.3) is 0 Å². The predicted octanol–water partition coefficient (Wildman–Crippen LogP) is 3.75. The summed E-state index contributed by atoms with van der Waals surface area (Å²) in [6.07, 6.45) is 9.40. The molecule has 0 bridgehead atoms. The number of hydrogen-bond acceptors (Lipinski definition) is 1. The predicted molar refractivity (Wildman–Crippen MR) is 64.1 cm³/mol. The second-order valence-corrected chi connectivity index (χ2v) is 5.15. The fraction of sp³-hybridized carbons (Fsp3) is 0.417. The van der Waals surface area contributed by atoms with Gasteiger partial charge in [-0.25, -0.2) is 4.98 Å². The molecule has 0 N–H and O–H groups in total. The lowest BCUT2D eigenvalue weighted by Crippen LogP contribution is -1.99. The van der Waals surface area contributed by atoms with Gasteiger partial charge in [0, 0.05) is 16.6 Å². The van der Waals surface area contributed by atoms with E-state index in [1.165, 1.54) is 37.0 Å². The van der Waals surface area contributed by atoms with Crippen LogP contribution in [-0.4, -0.2) is 9.38 Å². The van der Waals surface area contributed by atoms with Gasteiger partial charge in [-0.3, -0.25) is 0 Å². The standard InChI is InChI=1S/C12H13BrN2/c13-10-5-6-15-11(7-10)8-14-12(15)9-3-1-2-4-9/h5-9H,1-4H2. The monoisotopic (exact) mass is 264 g/mol. The Morgan fingerprint density at radius 2 is 2.13 bits per heavy atom. The van der Waals surface area contributed by atoms with E-state index in [0.29, 0.717) is 5.92 Å². The van der Waals surface area contributed by atoms with Gasteiger partial charge < -0.3 is 4.40 Å². The summed E-state index contributed by atoms with van der Waals surface area (Å²) in [6, 6.07) is 4.19. The van der Waals surface area contributed by atoms with E-state index in [1.54, 1.807) is 0 Å². The van der Waals surface area contributed by atoms with E-state index in [1.807, 2.05) is 6.20 Å². The van der Waals surface area contributed by atoms with Crippen molar-refractivity contribution in [3.05, 3.63) is 34.8 Å². The van der Waals surface area contributed by atoms with E-state index in [4.69, 9.17) is 0 Å². The third-order valence-corrected chi connectivity index (χ3v) is 3.74. The van der Waals surface area contributed by atoms with Crippen LogP contribution in [-0.2, 0) is 0 Å². The molecule has 0 saturated heterocycles. The molecule has 1 aliphatic rings. The van der Waals surface area contributed by atoms with Crippen molar-refractivity contribution in [3.8, 4) is 0 Å². The molecule has 0 unspecified atom stereocenters. The Hall–Kier alpha value is -0.830. The van der Waals surface area contributed by atoms with Crippen molar-refractivity contribution >= 4 is 21.4 Å². The van der Waals surface area contributed by atoms with E-state index >= 15 is 0 Å². The van der Waals surface area contributed by atoms with Crippen LogP contribution in [0.15, 0.2) is 29.0 Å². The zero-order valence-electron chi connectivity index (χ0n) is 8.49. The summed E-state index contributed by atoms with van der Waals surface area (Å²) in [5.74, 6) is 1.92. The number of fused-ring (bicyclic) bond motifs is 1. The van der Waals surface area contributed by atoms with Crippen molar-refractivity contribution in [2.24, 2.45) is 0 Å². The van der Waals surface area contributed by atoms with Crippen LogP contribution in [0.4, 0.5) is 0 Å². The van der Waals surface area contributed by atoms with Gasteiger partial charge in [-0.1, -0.05) is 28.8 Å². The third kappa shape index (κ3) is 1.59. The fourth-order valence-corrected chi connectivity index (χ4v) is 2.83. The lowest BCUT2D eigenvalue weighted by Gasteiger charge is -2.07. The molecule has 1 saturated carbocycles. The lowest BCUT2D eigenvalue weighted by molar-refractivity contribution is 0.665. The van der Waals surface area contributed by atoms with Gasteiger partial charge in [0.05, 0.1) is 11.7 Å². The first-order chi connectivity index (χ1) is 7.34. The highest BCUT2D eigenvalue weighted by Crippen LogP contribution is 2.33. The molecule has 2 nitrogen and oxygen atoms in total. The molecule has 3 heteroatoms. The maximum atomic E-state index is 4.56. The Balaban J connectivity index is 2.11. The van der Waals surface area contributed by atoms with Crippen molar-refractivity contribution in [2.45, 2.75) is 31.6 Å². The summed E-state index contributed by atoms with van der Waals surface area (Å²) < 4.78 is 3.34.